The Kier molecular flexibility index (Phi) is 7.36. The Morgan fingerprint density at radius 2 is 1.53 bits per heavy atom. The smallest absolute Gasteiger partial charge is 0.449 e. The summed E-state index contributed by atoms with van der Waals surface area (Å²) in [6.45, 7) is 1.46. The van der Waals surface area contributed by atoms with Crippen LogP contribution in [-0.2, 0) is 11.3 Å². The van der Waals surface area contributed by atoms with Gasteiger partial charge in [-0.2, -0.15) is 13.2 Å². The minimum absolute atomic E-state index is 0.0954. The van der Waals surface area contributed by atoms with E-state index in [1.807, 2.05) is 65.6 Å². The number of benzene rings is 3. The summed E-state index contributed by atoms with van der Waals surface area (Å²) in [5.41, 5.74) is 4.59. The first-order valence-corrected chi connectivity index (χ1v) is 12.5. The number of urea groups is 1. The van der Waals surface area contributed by atoms with Crippen molar-refractivity contribution in [2.45, 2.75) is 25.6 Å². The van der Waals surface area contributed by atoms with Gasteiger partial charge in [-0.3, -0.25) is 4.90 Å². The maximum atomic E-state index is 13.7. The molecule has 2 heterocycles. The van der Waals surface area contributed by atoms with Crippen LogP contribution in [0.25, 0.3) is 11.3 Å². The largest absolute Gasteiger partial charge is 0.452 e. The zero-order valence-corrected chi connectivity index (χ0v) is 20.7. The molecule has 2 aliphatic rings. The van der Waals surface area contributed by atoms with Crippen molar-refractivity contribution in [3.8, 4) is 0 Å². The Morgan fingerprint density at radius 1 is 0.842 bits per heavy atom. The fourth-order valence-corrected chi connectivity index (χ4v) is 4.59. The molecular formula is C31H27F3N2O2. The molecule has 4 nitrogen and oxygen atoms in total. The number of amides is 2. The highest BCUT2D eigenvalue weighted by atomic mass is 19.4. The molecule has 0 bridgehead atoms. The van der Waals surface area contributed by atoms with E-state index in [1.165, 1.54) is 11.1 Å². The molecule has 0 unspecified atom stereocenters. The van der Waals surface area contributed by atoms with Crippen molar-refractivity contribution in [2.75, 3.05) is 18.0 Å². The molecular weight excluding hydrogens is 489 g/mol. The third-order valence-corrected chi connectivity index (χ3v) is 6.61. The van der Waals surface area contributed by atoms with Gasteiger partial charge in [-0.1, -0.05) is 78.9 Å². The minimum Gasteiger partial charge on any atom is -0.452 e. The van der Waals surface area contributed by atoms with E-state index in [2.05, 4.69) is 18.2 Å². The SMILES string of the molecule is O=C(N1CC=C(c2ccccc2)CC1)N(Cc1ccc(C2=CCC=C(C(F)(F)F)O2)cc1)c1ccccc1. The van der Waals surface area contributed by atoms with Gasteiger partial charge in [0.2, 0.25) is 5.76 Å². The first-order valence-electron chi connectivity index (χ1n) is 12.5. The molecule has 0 radical (unpaired) electrons. The summed E-state index contributed by atoms with van der Waals surface area (Å²) in [6.07, 6.45) is 1.16. The van der Waals surface area contributed by atoms with Gasteiger partial charge >= 0.3 is 12.2 Å². The Morgan fingerprint density at radius 3 is 2.16 bits per heavy atom. The van der Waals surface area contributed by atoms with Crippen LogP contribution in [0.2, 0.25) is 0 Å². The van der Waals surface area contributed by atoms with Gasteiger partial charge in [0.25, 0.3) is 0 Å². The number of alkyl halides is 3. The summed E-state index contributed by atoms with van der Waals surface area (Å²) in [4.78, 5) is 17.2. The lowest BCUT2D eigenvalue weighted by atomic mass is 10.00. The molecule has 3 aromatic rings. The van der Waals surface area contributed by atoms with Crippen molar-refractivity contribution in [3.05, 3.63) is 126 Å². The lowest BCUT2D eigenvalue weighted by Crippen LogP contribution is -2.44. The van der Waals surface area contributed by atoms with Crippen molar-refractivity contribution < 1.29 is 22.7 Å². The average Bonchev–Trinajstić information content (AvgIpc) is 2.96. The van der Waals surface area contributed by atoms with E-state index in [4.69, 9.17) is 4.74 Å². The third-order valence-electron chi connectivity index (χ3n) is 6.61. The maximum Gasteiger partial charge on any atom is 0.449 e. The predicted molar refractivity (Wildman–Crippen MR) is 143 cm³/mol. The van der Waals surface area contributed by atoms with Crippen LogP contribution in [0.4, 0.5) is 23.7 Å². The number of anilines is 1. The Bertz CT molecular complexity index is 1360. The number of nitrogens with zero attached hydrogens (tertiary/aromatic N) is 2. The number of rotatable bonds is 5. The summed E-state index contributed by atoms with van der Waals surface area (Å²) >= 11 is 0. The van der Waals surface area contributed by atoms with Crippen molar-refractivity contribution in [1.29, 1.82) is 0 Å². The summed E-state index contributed by atoms with van der Waals surface area (Å²) in [5.74, 6) is -0.817. The fraction of sp³-hybridized carbons (Fsp3) is 0.194. The molecule has 0 saturated carbocycles. The molecule has 38 heavy (non-hydrogen) atoms. The highest BCUT2D eigenvalue weighted by molar-refractivity contribution is 5.92. The van der Waals surface area contributed by atoms with E-state index in [1.54, 1.807) is 23.1 Å². The molecule has 0 N–H and O–H groups in total. The number of hydrogen-bond donors (Lipinski definition) is 0. The molecule has 5 rings (SSSR count). The topological polar surface area (TPSA) is 32.8 Å². The zero-order valence-electron chi connectivity index (χ0n) is 20.7. The van der Waals surface area contributed by atoms with Crippen molar-refractivity contribution in [1.82, 2.24) is 4.90 Å². The van der Waals surface area contributed by atoms with Gasteiger partial charge < -0.3 is 9.64 Å². The van der Waals surface area contributed by atoms with E-state index in [0.717, 1.165) is 23.7 Å². The molecule has 0 fully saturated rings. The molecule has 0 spiro atoms. The van der Waals surface area contributed by atoms with Crippen LogP contribution < -0.4 is 4.90 Å². The van der Waals surface area contributed by atoms with E-state index in [9.17, 15) is 18.0 Å². The Hall–Kier alpha value is -4.26. The van der Waals surface area contributed by atoms with Crippen LogP contribution in [0.5, 0.6) is 0 Å². The minimum atomic E-state index is -4.53. The normalized spacial score (nSPS) is 15.7. The molecule has 2 amide bonds. The van der Waals surface area contributed by atoms with Gasteiger partial charge in [0.05, 0.1) is 6.54 Å². The van der Waals surface area contributed by atoms with Crippen LogP contribution in [0.3, 0.4) is 0 Å². The third kappa shape index (κ3) is 5.83. The summed E-state index contributed by atoms with van der Waals surface area (Å²) in [7, 11) is 0. The molecule has 0 aromatic heterocycles. The summed E-state index contributed by atoms with van der Waals surface area (Å²) < 4.78 is 44.3. The number of para-hydroxylation sites is 1. The van der Waals surface area contributed by atoms with Crippen LogP contribution >= 0.6 is 0 Å². The monoisotopic (exact) mass is 516 g/mol. The second-order valence-electron chi connectivity index (χ2n) is 9.16. The average molecular weight is 517 g/mol. The van der Waals surface area contributed by atoms with E-state index in [0.29, 0.717) is 25.2 Å². The second-order valence-corrected chi connectivity index (χ2v) is 9.16. The molecule has 194 valence electrons. The van der Waals surface area contributed by atoms with E-state index >= 15 is 0 Å². The van der Waals surface area contributed by atoms with Gasteiger partial charge in [0, 0.05) is 24.3 Å². The lowest BCUT2D eigenvalue weighted by molar-refractivity contribution is -0.120. The van der Waals surface area contributed by atoms with Gasteiger partial charge in [-0.25, -0.2) is 4.79 Å². The number of allylic oxidation sites excluding steroid dienone is 3. The molecule has 0 atom stereocenters. The van der Waals surface area contributed by atoms with Crippen molar-refractivity contribution >= 4 is 23.1 Å². The van der Waals surface area contributed by atoms with Crippen molar-refractivity contribution in [2.24, 2.45) is 0 Å². The van der Waals surface area contributed by atoms with E-state index in [-0.39, 0.29) is 18.2 Å². The quantitative estimate of drug-likeness (QED) is 0.347. The summed E-state index contributed by atoms with van der Waals surface area (Å²) in [6, 6.07) is 26.6. The predicted octanol–water partition coefficient (Wildman–Crippen LogP) is 7.81. The van der Waals surface area contributed by atoms with Crippen LogP contribution in [0.15, 0.2) is 109 Å². The lowest BCUT2D eigenvalue weighted by Gasteiger charge is -2.33. The number of halogens is 3. The van der Waals surface area contributed by atoms with Crippen LogP contribution in [0.1, 0.15) is 29.5 Å². The number of carbonyl (C=O) groups is 1. The number of ether oxygens (including phenoxy) is 1. The molecule has 0 saturated heterocycles. The zero-order chi connectivity index (χ0) is 26.5. The maximum absolute atomic E-state index is 13.7. The van der Waals surface area contributed by atoms with E-state index < -0.39 is 11.9 Å². The number of carbonyl (C=O) groups excluding carboxylic acids is 1. The second kappa shape index (κ2) is 11.0. The fourth-order valence-electron chi connectivity index (χ4n) is 4.59. The highest BCUT2D eigenvalue weighted by Gasteiger charge is 2.37. The first-order chi connectivity index (χ1) is 18.4. The van der Waals surface area contributed by atoms with Gasteiger partial charge in [0.1, 0.15) is 5.76 Å². The van der Waals surface area contributed by atoms with Gasteiger partial charge in [-0.15, -0.1) is 0 Å². The summed E-state index contributed by atoms with van der Waals surface area (Å²) in [5, 5.41) is 0. The highest BCUT2D eigenvalue weighted by Crippen LogP contribution is 2.34. The van der Waals surface area contributed by atoms with Gasteiger partial charge in [0.15, 0.2) is 0 Å². The van der Waals surface area contributed by atoms with Crippen LogP contribution in [-0.4, -0.2) is 30.2 Å². The molecule has 7 heteroatoms. The van der Waals surface area contributed by atoms with Gasteiger partial charge in [-0.05, 0) is 53.8 Å². The molecule has 3 aromatic carbocycles. The Labute approximate surface area is 220 Å². The Balaban J connectivity index is 1.31. The standard InChI is InChI=1S/C31H27F3N2O2/c32-31(33,34)29-13-7-12-28(38-29)26-16-14-23(15-17-26)22-36(27-10-5-2-6-11-27)30(37)35-20-18-25(19-21-35)24-8-3-1-4-9-24/h1-6,8-18H,7,19-22H2. The van der Waals surface area contributed by atoms with Crippen LogP contribution in [0, 0.1) is 0 Å². The van der Waals surface area contributed by atoms with Crippen molar-refractivity contribution in [3.63, 3.8) is 0 Å². The number of hydrogen-bond acceptors (Lipinski definition) is 2. The molecule has 2 aliphatic heterocycles. The first kappa shape index (κ1) is 25.4. The molecule has 0 aliphatic carbocycles.